The van der Waals surface area contributed by atoms with Crippen LogP contribution in [0.3, 0.4) is 0 Å². The van der Waals surface area contributed by atoms with Crippen molar-refractivity contribution in [2.45, 2.75) is 20.8 Å². The van der Waals surface area contributed by atoms with Crippen molar-refractivity contribution >= 4 is 5.82 Å². The third kappa shape index (κ3) is 2.06. The maximum absolute atomic E-state index is 11.2. The average Bonchev–Trinajstić information content (AvgIpc) is 2.19. The Morgan fingerprint density at radius 3 is 2.53 bits per heavy atom. The molecule has 0 amide bonds. The first-order valence-corrected chi connectivity index (χ1v) is 5.43. The molecule has 0 saturated carbocycles. The Morgan fingerprint density at radius 2 is 1.94 bits per heavy atom. The summed E-state index contributed by atoms with van der Waals surface area (Å²) in [6.07, 6.45) is 0. The molecule has 3 N–H and O–H groups in total. The number of rotatable bonds is 1. The lowest BCUT2D eigenvalue weighted by Gasteiger charge is -2.11. The Hall–Kier alpha value is -2.10. The molecular weight excluding hydrogens is 214 g/mol. The van der Waals surface area contributed by atoms with Gasteiger partial charge in [-0.05, 0) is 31.9 Å². The predicted molar refractivity (Wildman–Crippen MR) is 68.9 cm³/mol. The lowest BCUT2D eigenvalue weighted by molar-refractivity contribution is 1.04. The van der Waals surface area contributed by atoms with Crippen LogP contribution in [0, 0.1) is 20.8 Å². The number of H-pyrrole nitrogens is 1. The Kier molecular flexibility index (Phi) is 2.71. The fourth-order valence-corrected chi connectivity index (χ4v) is 2.04. The smallest absolute Gasteiger partial charge is 0.347 e. The van der Waals surface area contributed by atoms with E-state index in [2.05, 4.69) is 16.0 Å². The Bertz CT molecular complexity index is 603. The number of hydrogen-bond acceptors (Lipinski definition) is 3. The molecule has 0 atom stereocenters. The highest BCUT2D eigenvalue weighted by molar-refractivity contribution is 5.78. The van der Waals surface area contributed by atoms with Crippen molar-refractivity contribution in [1.82, 2.24) is 9.97 Å². The van der Waals surface area contributed by atoms with Gasteiger partial charge in [0.25, 0.3) is 0 Å². The van der Waals surface area contributed by atoms with Gasteiger partial charge in [-0.15, -0.1) is 0 Å². The van der Waals surface area contributed by atoms with Crippen LogP contribution < -0.4 is 11.4 Å². The van der Waals surface area contributed by atoms with Crippen LogP contribution in [0.15, 0.2) is 23.0 Å². The van der Waals surface area contributed by atoms with E-state index in [1.165, 1.54) is 5.56 Å². The summed E-state index contributed by atoms with van der Waals surface area (Å²) in [5.41, 5.74) is 10.3. The third-order valence-corrected chi connectivity index (χ3v) is 2.80. The number of aromatic nitrogens is 2. The first-order chi connectivity index (χ1) is 7.99. The van der Waals surface area contributed by atoms with Gasteiger partial charge in [0, 0.05) is 11.3 Å². The van der Waals surface area contributed by atoms with Crippen LogP contribution in [-0.2, 0) is 0 Å². The number of aromatic amines is 1. The Balaban J connectivity index is 2.73. The fraction of sp³-hybridized carbons (Fsp3) is 0.231. The van der Waals surface area contributed by atoms with Crippen molar-refractivity contribution in [1.29, 1.82) is 0 Å². The maximum Gasteiger partial charge on any atom is 0.347 e. The number of benzene rings is 1. The molecule has 1 heterocycles. The highest BCUT2D eigenvalue weighted by Gasteiger charge is 2.11. The summed E-state index contributed by atoms with van der Waals surface area (Å²) in [6, 6.07) is 6.11. The van der Waals surface area contributed by atoms with Crippen molar-refractivity contribution in [2.24, 2.45) is 0 Å². The van der Waals surface area contributed by atoms with Crippen molar-refractivity contribution in [3.05, 3.63) is 45.5 Å². The van der Waals surface area contributed by atoms with E-state index in [0.29, 0.717) is 0 Å². The zero-order valence-corrected chi connectivity index (χ0v) is 10.2. The summed E-state index contributed by atoms with van der Waals surface area (Å²) in [5, 5.41) is 0. The Labute approximate surface area is 99.5 Å². The van der Waals surface area contributed by atoms with Crippen LogP contribution in [0.2, 0.25) is 0 Å². The van der Waals surface area contributed by atoms with Crippen molar-refractivity contribution in [2.75, 3.05) is 5.73 Å². The molecule has 0 fully saturated rings. The second kappa shape index (κ2) is 4.05. The number of hydrogen-bond donors (Lipinski definition) is 2. The zero-order valence-electron chi connectivity index (χ0n) is 10.2. The molecule has 0 spiro atoms. The van der Waals surface area contributed by atoms with Crippen molar-refractivity contribution in [3.8, 4) is 11.1 Å². The number of nitrogens with two attached hydrogens (primary N) is 1. The van der Waals surface area contributed by atoms with Gasteiger partial charge in [0.1, 0.15) is 5.82 Å². The van der Waals surface area contributed by atoms with E-state index < -0.39 is 5.69 Å². The summed E-state index contributed by atoms with van der Waals surface area (Å²) < 4.78 is 0. The number of nitrogen functional groups attached to an aromatic ring is 1. The quantitative estimate of drug-likeness (QED) is 0.785. The largest absolute Gasteiger partial charge is 0.383 e. The normalized spacial score (nSPS) is 10.5. The minimum Gasteiger partial charge on any atom is -0.383 e. The van der Waals surface area contributed by atoms with E-state index >= 15 is 0 Å². The minimum atomic E-state index is -0.409. The monoisotopic (exact) mass is 229 g/mol. The number of anilines is 1. The van der Waals surface area contributed by atoms with Crippen LogP contribution in [0.1, 0.15) is 16.8 Å². The molecule has 0 bridgehead atoms. The van der Waals surface area contributed by atoms with Gasteiger partial charge in [-0.2, -0.15) is 4.98 Å². The van der Waals surface area contributed by atoms with Crippen LogP contribution in [0.5, 0.6) is 0 Å². The number of nitrogens with one attached hydrogen (secondary N) is 1. The molecule has 0 radical (unpaired) electrons. The van der Waals surface area contributed by atoms with E-state index in [1.807, 2.05) is 32.9 Å². The summed E-state index contributed by atoms with van der Waals surface area (Å²) in [7, 11) is 0. The first kappa shape index (κ1) is 11.4. The predicted octanol–water partition coefficient (Wildman–Crippen LogP) is 1.94. The molecule has 1 aromatic heterocycles. The molecule has 0 unspecified atom stereocenters. The van der Waals surface area contributed by atoms with Gasteiger partial charge in [-0.25, -0.2) is 4.79 Å². The minimum absolute atomic E-state index is 0.276. The molecule has 4 nitrogen and oxygen atoms in total. The highest BCUT2D eigenvalue weighted by Crippen LogP contribution is 2.29. The summed E-state index contributed by atoms with van der Waals surface area (Å²) in [5.74, 6) is 0.276. The second-order valence-corrected chi connectivity index (χ2v) is 4.25. The van der Waals surface area contributed by atoms with Crippen LogP contribution in [0.25, 0.3) is 11.1 Å². The Morgan fingerprint density at radius 1 is 1.24 bits per heavy atom. The van der Waals surface area contributed by atoms with Gasteiger partial charge in [0.2, 0.25) is 0 Å². The molecule has 1 aromatic carbocycles. The molecule has 17 heavy (non-hydrogen) atoms. The summed E-state index contributed by atoms with van der Waals surface area (Å²) in [6.45, 7) is 5.89. The van der Waals surface area contributed by atoms with E-state index in [9.17, 15) is 4.79 Å². The van der Waals surface area contributed by atoms with Gasteiger partial charge in [0.15, 0.2) is 0 Å². The van der Waals surface area contributed by atoms with E-state index in [0.717, 1.165) is 22.4 Å². The van der Waals surface area contributed by atoms with Crippen LogP contribution in [0.4, 0.5) is 5.82 Å². The van der Waals surface area contributed by atoms with Gasteiger partial charge in [0.05, 0.1) is 0 Å². The molecule has 2 aromatic rings. The first-order valence-electron chi connectivity index (χ1n) is 5.43. The number of aryl methyl sites for hydroxylation is 3. The maximum atomic E-state index is 11.2. The van der Waals surface area contributed by atoms with Crippen LogP contribution in [-0.4, -0.2) is 9.97 Å². The van der Waals surface area contributed by atoms with Gasteiger partial charge in [-0.1, -0.05) is 23.8 Å². The fourth-order valence-electron chi connectivity index (χ4n) is 2.04. The molecule has 2 rings (SSSR count). The molecule has 88 valence electrons. The average molecular weight is 229 g/mol. The molecule has 0 aliphatic heterocycles. The topological polar surface area (TPSA) is 71.8 Å². The highest BCUT2D eigenvalue weighted by atomic mass is 16.1. The molecule has 0 aliphatic carbocycles. The lowest BCUT2D eigenvalue weighted by Crippen LogP contribution is -2.15. The van der Waals surface area contributed by atoms with Gasteiger partial charge in [-0.3, -0.25) is 0 Å². The van der Waals surface area contributed by atoms with Crippen LogP contribution >= 0.6 is 0 Å². The second-order valence-electron chi connectivity index (χ2n) is 4.25. The van der Waals surface area contributed by atoms with E-state index in [4.69, 9.17) is 5.73 Å². The molecule has 4 heteroatoms. The lowest BCUT2D eigenvalue weighted by atomic mass is 9.98. The van der Waals surface area contributed by atoms with Crippen molar-refractivity contribution in [3.63, 3.8) is 0 Å². The summed E-state index contributed by atoms with van der Waals surface area (Å²) in [4.78, 5) is 17.6. The standard InChI is InChI=1S/C13H15N3O/c1-7-4-5-10(8(2)6-7)11-9(3)15-13(17)16-12(11)14/h4-6H,1-3H3,(H3,14,15,16,17). The van der Waals surface area contributed by atoms with Crippen molar-refractivity contribution < 1.29 is 0 Å². The third-order valence-electron chi connectivity index (χ3n) is 2.80. The zero-order chi connectivity index (χ0) is 12.6. The van der Waals surface area contributed by atoms with Gasteiger partial charge >= 0.3 is 5.69 Å². The summed E-state index contributed by atoms with van der Waals surface area (Å²) >= 11 is 0. The van der Waals surface area contributed by atoms with E-state index in [1.54, 1.807) is 0 Å². The van der Waals surface area contributed by atoms with Gasteiger partial charge < -0.3 is 10.7 Å². The SMILES string of the molecule is Cc1ccc(-c2c(N)nc(=O)[nH]c2C)c(C)c1. The molecule has 0 aliphatic rings. The number of nitrogens with zero attached hydrogens (tertiary/aromatic N) is 1. The molecular formula is C13H15N3O. The molecule has 0 saturated heterocycles. The van der Waals surface area contributed by atoms with E-state index in [-0.39, 0.29) is 5.82 Å².